The summed E-state index contributed by atoms with van der Waals surface area (Å²) in [5.41, 5.74) is 9.79. The maximum atomic E-state index is 11.2. The molecule has 0 amide bonds. The number of fused-ring (bicyclic) bond motifs is 1. The number of carboxylic acids is 1. The topological polar surface area (TPSA) is 100 Å². The number of benzene rings is 1. The highest BCUT2D eigenvalue weighted by Gasteiger charge is 2.13. The second-order valence-electron chi connectivity index (χ2n) is 6.94. The zero-order chi connectivity index (χ0) is 18.4. The number of carbonyl (C=O) groups is 1. The van der Waals surface area contributed by atoms with E-state index in [1.54, 1.807) is 0 Å². The van der Waals surface area contributed by atoms with E-state index in [9.17, 15) is 4.79 Å². The Kier molecular flexibility index (Phi) is 6.03. The zero-order valence-electron chi connectivity index (χ0n) is 14.6. The maximum absolute atomic E-state index is 11.2. The van der Waals surface area contributed by atoms with Gasteiger partial charge in [0.1, 0.15) is 12.4 Å². The molecule has 0 atom stereocenters. The van der Waals surface area contributed by atoms with Crippen molar-refractivity contribution < 1.29 is 14.6 Å². The van der Waals surface area contributed by atoms with Crippen molar-refractivity contribution in [2.45, 2.75) is 32.4 Å². The van der Waals surface area contributed by atoms with Crippen LogP contribution in [0.4, 0.5) is 0 Å². The Balaban J connectivity index is 2.29. The molecule has 0 saturated heterocycles. The fraction of sp³-hybridized carbons (Fsp3) is 0.353. The quantitative estimate of drug-likeness (QED) is 0.185. The van der Waals surface area contributed by atoms with Crippen molar-refractivity contribution in [3.8, 4) is 0 Å². The van der Waals surface area contributed by atoms with Gasteiger partial charge in [0, 0.05) is 36.7 Å². The van der Waals surface area contributed by atoms with Crippen LogP contribution in [0.15, 0.2) is 41.3 Å². The predicted molar refractivity (Wildman–Crippen MR) is 101 cm³/mol. The lowest BCUT2D eigenvalue weighted by molar-refractivity contribution is -0.132. The molecule has 0 aliphatic rings. The van der Waals surface area contributed by atoms with Crippen LogP contribution < -0.4 is 0 Å². The molecule has 1 aromatic heterocycles. The first-order valence-corrected chi connectivity index (χ1v) is 11.7. The smallest absolute Gasteiger partial charge is 0.338 e. The first kappa shape index (κ1) is 18.8. The summed E-state index contributed by atoms with van der Waals surface area (Å²) >= 11 is 0. The van der Waals surface area contributed by atoms with Crippen molar-refractivity contribution in [1.29, 1.82) is 0 Å². The van der Waals surface area contributed by atoms with Crippen LogP contribution in [0.5, 0.6) is 0 Å². The molecule has 0 bridgehead atoms. The Bertz CT molecular complexity index is 841. The first-order valence-electron chi connectivity index (χ1n) is 7.97. The SMILES string of the molecule is C[Si](C)(C)CCOCn1cc(/C=C(/N=[N+]=[N-])C(=O)O)c2ccccc21. The van der Waals surface area contributed by atoms with E-state index in [2.05, 4.69) is 29.7 Å². The monoisotopic (exact) mass is 358 g/mol. The molecule has 0 spiro atoms. The summed E-state index contributed by atoms with van der Waals surface area (Å²) in [6, 6.07) is 8.72. The minimum Gasteiger partial charge on any atom is -0.478 e. The van der Waals surface area contributed by atoms with Crippen LogP contribution in [0, 0.1) is 0 Å². The molecule has 0 aliphatic heterocycles. The number of nitrogens with zero attached hydrogens (tertiary/aromatic N) is 4. The van der Waals surface area contributed by atoms with E-state index in [0.29, 0.717) is 18.9 Å². The summed E-state index contributed by atoms with van der Waals surface area (Å²) < 4.78 is 7.73. The third kappa shape index (κ3) is 5.22. The van der Waals surface area contributed by atoms with Gasteiger partial charge < -0.3 is 14.4 Å². The van der Waals surface area contributed by atoms with Gasteiger partial charge in [-0.25, -0.2) is 4.79 Å². The second-order valence-corrected chi connectivity index (χ2v) is 12.6. The van der Waals surface area contributed by atoms with Crippen LogP contribution in [0.3, 0.4) is 0 Å². The van der Waals surface area contributed by atoms with Gasteiger partial charge in [-0.05, 0) is 23.7 Å². The number of rotatable bonds is 8. The van der Waals surface area contributed by atoms with Gasteiger partial charge in [-0.15, -0.1) is 0 Å². The molecule has 2 aromatic rings. The third-order valence-electron chi connectivity index (χ3n) is 3.71. The Morgan fingerprint density at radius 2 is 2.12 bits per heavy atom. The minimum atomic E-state index is -1.26. The largest absolute Gasteiger partial charge is 0.478 e. The van der Waals surface area contributed by atoms with E-state index in [-0.39, 0.29) is 5.70 Å². The maximum Gasteiger partial charge on any atom is 0.338 e. The molecule has 0 radical (unpaired) electrons. The number of carboxylic acid groups (broad SMARTS) is 1. The molecule has 8 heteroatoms. The average molecular weight is 358 g/mol. The molecule has 2 rings (SSSR count). The highest BCUT2D eigenvalue weighted by atomic mass is 28.3. The Morgan fingerprint density at radius 1 is 1.40 bits per heavy atom. The molecule has 0 fully saturated rings. The third-order valence-corrected chi connectivity index (χ3v) is 5.41. The summed E-state index contributed by atoms with van der Waals surface area (Å²) in [6.07, 6.45) is 3.19. The fourth-order valence-electron chi connectivity index (χ4n) is 2.37. The average Bonchev–Trinajstić information content (AvgIpc) is 2.88. The van der Waals surface area contributed by atoms with Gasteiger partial charge in [0.05, 0.1) is 5.52 Å². The van der Waals surface area contributed by atoms with Crippen LogP contribution in [-0.4, -0.2) is 30.3 Å². The standard InChI is InChI=1S/C17H22N4O3Si/c1-25(2,3)9-8-24-12-21-11-13(10-15(17(22)23)19-20-18)14-6-4-5-7-16(14)21/h4-7,10-11H,8-9,12H2,1-3H3,(H,22,23)/b15-10+. The van der Waals surface area contributed by atoms with Crippen molar-refractivity contribution in [1.82, 2.24) is 4.57 Å². The van der Waals surface area contributed by atoms with Crippen LogP contribution in [0.1, 0.15) is 5.56 Å². The van der Waals surface area contributed by atoms with Crippen molar-refractivity contribution in [3.05, 3.63) is 52.2 Å². The molecule has 1 aromatic carbocycles. The second kappa shape index (κ2) is 8.02. The van der Waals surface area contributed by atoms with Gasteiger partial charge >= 0.3 is 5.97 Å². The number of ether oxygens (including phenoxy) is 1. The van der Waals surface area contributed by atoms with E-state index >= 15 is 0 Å². The minimum absolute atomic E-state index is 0.343. The molecule has 25 heavy (non-hydrogen) atoms. The van der Waals surface area contributed by atoms with E-state index in [1.165, 1.54) is 6.08 Å². The molecular formula is C17H22N4O3Si. The normalized spacial score (nSPS) is 12.2. The first-order chi connectivity index (χ1) is 11.8. The summed E-state index contributed by atoms with van der Waals surface area (Å²) in [5.74, 6) is -1.26. The van der Waals surface area contributed by atoms with Crippen LogP contribution >= 0.6 is 0 Å². The fourth-order valence-corrected chi connectivity index (χ4v) is 3.12. The molecule has 132 valence electrons. The number of hydrogen-bond acceptors (Lipinski definition) is 3. The number of azide groups is 1. The predicted octanol–water partition coefficient (Wildman–Crippen LogP) is 4.69. The van der Waals surface area contributed by atoms with Gasteiger partial charge in [-0.3, -0.25) is 0 Å². The van der Waals surface area contributed by atoms with Gasteiger partial charge in [0.2, 0.25) is 0 Å². The highest BCUT2D eigenvalue weighted by Crippen LogP contribution is 2.24. The summed E-state index contributed by atoms with van der Waals surface area (Å²) in [6.45, 7) is 7.99. The Hall–Kier alpha value is -2.54. The summed E-state index contributed by atoms with van der Waals surface area (Å²) in [4.78, 5) is 13.8. The molecule has 1 N–H and O–H groups in total. The van der Waals surface area contributed by atoms with Crippen molar-refractivity contribution in [2.24, 2.45) is 5.11 Å². The van der Waals surface area contributed by atoms with Crippen molar-refractivity contribution in [3.63, 3.8) is 0 Å². The van der Waals surface area contributed by atoms with Gasteiger partial charge in [0.15, 0.2) is 0 Å². The zero-order valence-corrected chi connectivity index (χ0v) is 15.6. The number of aromatic nitrogens is 1. The molecule has 0 aliphatic carbocycles. The van der Waals surface area contributed by atoms with Gasteiger partial charge in [-0.2, -0.15) is 0 Å². The van der Waals surface area contributed by atoms with Gasteiger partial charge in [0.25, 0.3) is 0 Å². The lowest BCUT2D eigenvalue weighted by Crippen LogP contribution is -2.21. The highest BCUT2D eigenvalue weighted by molar-refractivity contribution is 6.76. The van der Waals surface area contributed by atoms with E-state index in [4.69, 9.17) is 15.4 Å². The van der Waals surface area contributed by atoms with E-state index in [1.807, 2.05) is 35.0 Å². The molecule has 7 nitrogen and oxygen atoms in total. The molecular weight excluding hydrogens is 336 g/mol. The van der Waals surface area contributed by atoms with E-state index < -0.39 is 14.0 Å². The number of aliphatic carboxylic acids is 1. The number of para-hydroxylation sites is 1. The lowest BCUT2D eigenvalue weighted by Gasteiger charge is -2.15. The van der Waals surface area contributed by atoms with Crippen LogP contribution in [0.2, 0.25) is 25.7 Å². The Labute approximate surface area is 147 Å². The number of hydrogen-bond donors (Lipinski definition) is 1. The summed E-state index contributed by atoms with van der Waals surface area (Å²) in [7, 11) is -1.14. The molecule has 0 saturated carbocycles. The van der Waals surface area contributed by atoms with Crippen molar-refractivity contribution >= 4 is 31.0 Å². The van der Waals surface area contributed by atoms with E-state index in [0.717, 1.165) is 16.9 Å². The van der Waals surface area contributed by atoms with Crippen LogP contribution in [0.25, 0.3) is 27.4 Å². The molecule has 1 heterocycles. The van der Waals surface area contributed by atoms with Crippen LogP contribution in [-0.2, 0) is 16.3 Å². The van der Waals surface area contributed by atoms with Crippen molar-refractivity contribution in [2.75, 3.05) is 6.61 Å². The van der Waals surface area contributed by atoms with Gasteiger partial charge in [-0.1, -0.05) is 43.0 Å². The lowest BCUT2D eigenvalue weighted by atomic mass is 10.1. The summed E-state index contributed by atoms with van der Waals surface area (Å²) in [5, 5.41) is 13.3. The Morgan fingerprint density at radius 3 is 2.76 bits per heavy atom. The molecule has 0 unspecified atom stereocenters.